The van der Waals surface area contributed by atoms with Crippen LogP contribution in [0.4, 0.5) is 26.2 Å². The molecule has 2 aromatic rings. The number of halogens is 3. The zero-order chi connectivity index (χ0) is 14.4. The highest BCUT2D eigenvalue weighted by atomic mass is 127. The molecule has 0 atom stereocenters. The summed E-state index contributed by atoms with van der Waals surface area (Å²) in [5.41, 5.74) is 0.570. The Bertz CT molecular complexity index is 580. The third kappa shape index (κ3) is 4.26. The van der Waals surface area contributed by atoms with Crippen LogP contribution in [-0.4, -0.2) is 23.2 Å². The molecule has 0 unspecified atom stereocenters. The second kappa shape index (κ2) is 7.32. The fraction of sp³-hybridized carbons (Fsp3) is 0.231. The molecule has 4 nitrogen and oxygen atoms in total. The van der Waals surface area contributed by atoms with Gasteiger partial charge in [-0.1, -0.05) is 6.07 Å². The molecule has 2 N–H and O–H groups in total. The van der Waals surface area contributed by atoms with Crippen LogP contribution in [0.15, 0.2) is 30.5 Å². The number of rotatable bonds is 6. The molecule has 0 spiro atoms. The molecule has 0 aliphatic heterocycles. The molecule has 106 valence electrons. The average Bonchev–Trinajstić information content (AvgIpc) is 2.42. The summed E-state index contributed by atoms with van der Waals surface area (Å²) in [6, 6.07) is 6.05. The SMILES string of the molecule is FCCCNc1nc(Nc2cccc(F)c2)ncc1I. The molecule has 20 heavy (non-hydrogen) atoms. The quantitative estimate of drug-likeness (QED) is 0.583. The van der Waals surface area contributed by atoms with Crippen LogP contribution in [0.2, 0.25) is 0 Å². The number of nitrogens with zero attached hydrogens (tertiary/aromatic N) is 2. The summed E-state index contributed by atoms with van der Waals surface area (Å²) in [6.45, 7) is 0.131. The summed E-state index contributed by atoms with van der Waals surface area (Å²) < 4.78 is 26.0. The normalized spacial score (nSPS) is 10.3. The number of alkyl halides is 1. The number of aromatic nitrogens is 2. The molecule has 0 aliphatic carbocycles. The van der Waals surface area contributed by atoms with E-state index in [9.17, 15) is 8.78 Å². The van der Waals surface area contributed by atoms with E-state index in [1.165, 1.54) is 12.1 Å². The van der Waals surface area contributed by atoms with Gasteiger partial charge in [-0.05, 0) is 47.2 Å². The Hall–Kier alpha value is -1.51. The van der Waals surface area contributed by atoms with Crippen molar-refractivity contribution in [1.82, 2.24) is 9.97 Å². The number of hydrogen-bond donors (Lipinski definition) is 2. The van der Waals surface area contributed by atoms with Gasteiger partial charge in [-0.25, -0.2) is 9.37 Å². The predicted octanol–water partition coefficient (Wildman–Crippen LogP) is 3.74. The van der Waals surface area contributed by atoms with E-state index < -0.39 is 0 Å². The standard InChI is InChI=1S/C13H13F2IN4/c14-5-2-6-17-12-11(16)8-18-13(20-12)19-10-4-1-3-9(15)7-10/h1,3-4,7-8H,2,5-6H2,(H2,17,18,19,20). The van der Waals surface area contributed by atoms with E-state index in [4.69, 9.17) is 0 Å². The van der Waals surface area contributed by atoms with E-state index >= 15 is 0 Å². The van der Waals surface area contributed by atoms with Crippen LogP contribution in [-0.2, 0) is 0 Å². The molecule has 0 amide bonds. The van der Waals surface area contributed by atoms with E-state index in [0.29, 0.717) is 30.4 Å². The Morgan fingerprint density at radius 3 is 2.90 bits per heavy atom. The van der Waals surface area contributed by atoms with E-state index in [1.807, 2.05) is 0 Å². The highest BCUT2D eigenvalue weighted by Gasteiger charge is 2.05. The van der Waals surface area contributed by atoms with Gasteiger partial charge in [0.05, 0.1) is 10.2 Å². The van der Waals surface area contributed by atoms with Crippen LogP contribution in [0.3, 0.4) is 0 Å². The topological polar surface area (TPSA) is 49.8 Å². The summed E-state index contributed by atoms with van der Waals surface area (Å²) in [6.07, 6.45) is 2.07. The highest BCUT2D eigenvalue weighted by molar-refractivity contribution is 14.1. The second-order valence-electron chi connectivity index (χ2n) is 3.99. The van der Waals surface area contributed by atoms with Crippen LogP contribution in [0, 0.1) is 9.39 Å². The van der Waals surface area contributed by atoms with Gasteiger partial charge in [-0.2, -0.15) is 4.98 Å². The third-order valence-electron chi connectivity index (χ3n) is 2.43. The molecule has 2 rings (SSSR count). The molecule has 0 radical (unpaired) electrons. The van der Waals surface area contributed by atoms with Crippen molar-refractivity contribution in [1.29, 1.82) is 0 Å². The number of anilines is 3. The summed E-state index contributed by atoms with van der Waals surface area (Å²) >= 11 is 2.10. The molecular formula is C13H13F2IN4. The molecule has 0 saturated carbocycles. The van der Waals surface area contributed by atoms with Crippen molar-refractivity contribution in [2.75, 3.05) is 23.9 Å². The van der Waals surface area contributed by atoms with Crippen molar-refractivity contribution in [3.05, 3.63) is 39.8 Å². The molecular weight excluding hydrogens is 377 g/mol. The fourth-order valence-electron chi connectivity index (χ4n) is 1.52. The first-order valence-corrected chi connectivity index (χ1v) is 7.12. The minimum Gasteiger partial charge on any atom is -0.369 e. The van der Waals surface area contributed by atoms with Crippen LogP contribution in [0.1, 0.15) is 6.42 Å². The monoisotopic (exact) mass is 390 g/mol. The van der Waals surface area contributed by atoms with Crippen LogP contribution < -0.4 is 10.6 Å². The molecule has 0 fully saturated rings. The first-order valence-electron chi connectivity index (χ1n) is 6.04. The minimum atomic E-state index is -0.372. The lowest BCUT2D eigenvalue weighted by molar-refractivity contribution is 0.481. The lowest BCUT2D eigenvalue weighted by Gasteiger charge is -2.09. The molecule has 0 bridgehead atoms. The molecule has 1 heterocycles. The van der Waals surface area contributed by atoms with E-state index in [1.54, 1.807) is 18.3 Å². The first-order chi connectivity index (χ1) is 9.69. The Morgan fingerprint density at radius 1 is 1.30 bits per heavy atom. The van der Waals surface area contributed by atoms with E-state index in [0.717, 1.165) is 3.57 Å². The van der Waals surface area contributed by atoms with Crippen LogP contribution >= 0.6 is 22.6 Å². The van der Waals surface area contributed by atoms with Gasteiger partial charge in [0.2, 0.25) is 5.95 Å². The van der Waals surface area contributed by atoms with E-state index in [-0.39, 0.29) is 12.5 Å². The highest BCUT2D eigenvalue weighted by Crippen LogP contribution is 2.19. The van der Waals surface area contributed by atoms with Crippen molar-refractivity contribution in [3.8, 4) is 0 Å². The Labute approximate surface area is 129 Å². The molecule has 1 aromatic carbocycles. The van der Waals surface area contributed by atoms with Crippen molar-refractivity contribution < 1.29 is 8.78 Å². The Balaban J connectivity index is 2.10. The maximum atomic E-state index is 13.1. The first kappa shape index (κ1) is 14.9. The summed E-state index contributed by atoms with van der Waals surface area (Å²) in [5.74, 6) is 0.661. The van der Waals surface area contributed by atoms with Gasteiger partial charge < -0.3 is 10.6 Å². The zero-order valence-electron chi connectivity index (χ0n) is 10.5. The summed E-state index contributed by atoms with van der Waals surface area (Å²) in [4.78, 5) is 8.41. The van der Waals surface area contributed by atoms with Gasteiger partial charge in [-0.3, -0.25) is 4.39 Å². The lowest BCUT2D eigenvalue weighted by atomic mass is 10.3. The van der Waals surface area contributed by atoms with Crippen molar-refractivity contribution in [2.45, 2.75) is 6.42 Å². The van der Waals surface area contributed by atoms with Crippen molar-refractivity contribution in [2.24, 2.45) is 0 Å². The Kier molecular flexibility index (Phi) is 5.45. The average molecular weight is 390 g/mol. The van der Waals surface area contributed by atoms with Gasteiger partial charge in [0, 0.05) is 18.4 Å². The fourth-order valence-corrected chi connectivity index (χ4v) is 1.97. The maximum Gasteiger partial charge on any atom is 0.229 e. The van der Waals surface area contributed by atoms with Gasteiger partial charge >= 0.3 is 0 Å². The molecule has 0 aliphatic rings. The summed E-state index contributed by atoms with van der Waals surface area (Å²) in [5, 5.41) is 5.96. The largest absolute Gasteiger partial charge is 0.369 e. The third-order valence-corrected chi connectivity index (χ3v) is 3.22. The zero-order valence-corrected chi connectivity index (χ0v) is 12.7. The van der Waals surface area contributed by atoms with Crippen molar-refractivity contribution in [3.63, 3.8) is 0 Å². The van der Waals surface area contributed by atoms with Gasteiger partial charge in [0.1, 0.15) is 11.6 Å². The van der Waals surface area contributed by atoms with Gasteiger partial charge in [-0.15, -0.1) is 0 Å². The molecule has 0 saturated heterocycles. The van der Waals surface area contributed by atoms with Crippen LogP contribution in [0.5, 0.6) is 0 Å². The molecule has 1 aromatic heterocycles. The lowest BCUT2D eigenvalue weighted by Crippen LogP contribution is -2.08. The van der Waals surface area contributed by atoms with Crippen LogP contribution in [0.25, 0.3) is 0 Å². The van der Waals surface area contributed by atoms with E-state index in [2.05, 4.69) is 43.2 Å². The molecule has 7 heteroatoms. The minimum absolute atomic E-state index is 0.332. The smallest absolute Gasteiger partial charge is 0.229 e. The maximum absolute atomic E-state index is 13.1. The van der Waals surface area contributed by atoms with Crippen molar-refractivity contribution >= 4 is 40.0 Å². The van der Waals surface area contributed by atoms with Gasteiger partial charge in [0.25, 0.3) is 0 Å². The number of hydrogen-bond acceptors (Lipinski definition) is 4. The second-order valence-corrected chi connectivity index (χ2v) is 5.16. The van der Waals surface area contributed by atoms with Gasteiger partial charge in [0.15, 0.2) is 0 Å². The number of benzene rings is 1. The Morgan fingerprint density at radius 2 is 2.15 bits per heavy atom. The number of nitrogens with one attached hydrogen (secondary N) is 2. The predicted molar refractivity (Wildman–Crippen MR) is 83.5 cm³/mol. The summed E-state index contributed by atoms with van der Waals surface area (Å²) in [7, 11) is 0.